The van der Waals surface area contributed by atoms with Crippen LogP contribution in [-0.4, -0.2) is 44.2 Å². The quantitative estimate of drug-likeness (QED) is 0.751. The van der Waals surface area contributed by atoms with Crippen LogP contribution in [0.25, 0.3) is 10.9 Å². The minimum absolute atomic E-state index is 0.889. The number of rotatable bonds is 7. The minimum Gasteiger partial charge on any atom is -0.497 e. The van der Waals surface area contributed by atoms with E-state index in [0.717, 1.165) is 30.9 Å². The highest BCUT2D eigenvalue weighted by molar-refractivity contribution is 5.84. The van der Waals surface area contributed by atoms with Crippen LogP contribution in [0.15, 0.2) is 24.4 Å². The van der Waals surface area contributed by atoms with Gasteiger partial charge in [0.1, 0.15) is 5.75 Å². The fourth-order valence-electron chi connectivity index (χ4n) is 2.17. The number of benzene rings is 1. The Morgan fingerprint density at radius 3 is 2.89 bits per heavy atom. The molecule has 0 unspecified atom stereocenters. The second-order valence-corrected chi connectivity index (χ2v) is 5.06. The van der Waals surface area contributed by atoms with Gasteiger partial charge in [-0.05, 0) is 57.4 Å². The van der Waals surface area contributed by atoms with Crippen molar-refractivity contribution < 1.29 is 4.74 Å². The van der Waals surface area contributed by atoms with Gasteiger partial charge in [0.25, 0.3) is 0 Å². The molecule has 4 heteroatoms. The summed E-state index contributed by atoms with van der Waals surface area (Å²) in [4.78, 5) is 5.50. The summed E-state index contributed by atoms with van der Waals surface area (Å²) in [6.45, 7) is 3.05. The van der Waals surface area contributed by atoms with Crippen LogP contribution < -0.4 is 10.1 Å². The highest BCUT2D eigenvalue weighted by atomic mass is 16.5. The summed E-state index contributed by atoms with van der Waals surface area (Å²) in [5, 5.41) is 4.72. The fourth-order valence-corrected chi connectivity index (χ4v) is 2.17. The third-order valence-corrected chi connectivity index (χ3v) is 3.25. The van der Waals surface area contributed by atoms with E-state index in [-0.39, 0.29) is 0 Å². The molecule has 2 N–H and O–H groups in total. The lowest BCUT2D eigenvalue weighted by Gasteiger charge is -2.09. The van der Waals surface area contributed by atoms with E-state index >= 15 is 0 Å². The number of hydrogen-bond acceptors (Lipinski definition) is 3. The summed E-state index contributed by atoms with van der Waals surface area (Å²) < 4.78 is 5.28. The monoisotopic (exact) mass is 261 g/mol. The normalized spacial score (nSPS) is 11.4. The lowest BCUT2D eigenvalue weighted by molar-refractivity contribution is 0.394. The number of hydrogen-bond donors (Lipinski definition) is 2. The molecule has 1 aromatic heterocycles. The number of ether oxygens (including phenoxy) is 1. The van der Waals surface area contributed by atoms with Gasteiger partial charge in [-0.2, -0.15) is 0 Å². The maximum atomic E-state index is 5.28. The van der Waals surface area contributed by atoms with Gasteiger partial charge in [0.15, 0.2) is 0 Å². The molecule has 0 radical (unpaired) electrons. The number of aromatic amines is 1. The molecule has 2 rings (SSSR count). The molecule has 0 amide bonds. The molecule has 0 spiro atoms. The van der Waals surface area contributed by atoms with Gasteiger partial charge >= 0.3 is 0 Å². The average molecular weight is 261 g/mol. The van der Waals surface area contributed by atoms with Crippen molar-refractivity contribution in [2.45, 2.75) is 13.0 Å². The molecule has 104 valence electrons. The molecule has 0 fully saturated rings. The molecule has 1 heterocycles. The molecule has 19 heavy (non-hydrogen) atoms. The van der Waals surface area contributed by atoms with Crippen molar-refractivity contribution in [2.75, 3.05) is 34.3 Å². The summed E-state index contributed by atoms with van der Waals surface area (Å²) in [5.74, 6) is 0.904. The van der Waals surface area contributed by atoms with Crippen molar-refractivity contribution in [1.29, 1.82) is 0 Å². The average Bonchev–Trinajstić information content (AvgIpc) is 2.80. The van der Waals surface area contributed by atoms with E-state index in [1.165, 1.54) is 17.4 Å². The topological polar surface area (TPSA) is 40.3 Å². The Hall–Kier alpha value is -1.52. The van der Waals surface area contributed by atoms with Gasteiger partial charge in [-0.15, -0.1) is 0 Å². The predicted octanol–water partition coefficient (Wildman–Crippen LogP) is 2.22. The molecule has 1 aromatic carbocycles. The first kappa shape index (κ1) is 13.9. The Labute approximate surface area is 114 Å². The number of methoxy groups -OCH3 is 1. The molecule has 4 nitrogen and oxygen atoms in total. The number of nitrogens with zero attached hydrogens (tertiary/aromatic N) is 1. The largest absolute Gasteiger partial charge is 0.497 e. The van der Waals surface area contributed by atoms with Crippen LogP contribution in [0.3, 0.4) is 0 Å². The summed E-state index contributed by atoms with van der Waals surface area (Å²) in [6.07, 6.45) is 3.24. The SMILES string of the molecule is COc1ccc2[nH]cc(CNCCCN(C)C)c2c1. The van der Waals surface area contributed by atoms with Crippen molar-refractivity contribution in [3.8, 4) is 5.75 Å². The molecule has 2 aromatic rings. The highest BCUT2D eigenvalue weighted by Crippen LogP contribution is 2.23. The van der Waals surface area contributed by atoms with E-state index in [1.807, 2.05) is 6.07 Å². The Morgan fingerprint density at radius 2 is 2.16 bits per heavy atom. The Balaban J connectivity index is 1.93. The zero-order chi connectivity index (χ0) is 13.7. The van der Waals surface area contributed by atoms with Gasteiger partial charge in [0.2, 0.25) is 0 Å². The summed E-state index contributed by atoms with van der Waals surface area (Å²) in [7, 11) is 5.91. The van der Waals surface area contributed by atoms with Gasteiger partial charge in [0, 0.05) is 23.6 Å². The van der Waals surface area contributed by atoms with E-state index < -0.39 is 0 Å². The molecular weight excluding hydrogens is 238 g/mol. The van der Waals surface area contributed by atoms with Gasteiger partial charge in [-0.3, -0.25) is 0 Å². The Morgan fingerprint density at radius 1 is 1.32 bits per heavy atom. The van der Waals surface area contributed by atoms with Crippen LogP contribution in [-0.2, 0) is 6.54 Å². The third kappa shape index (κ3) is 3.72. The first-order valence-electron chi connectivity index (χ1n) is 6.70. The zero-order valence-corrected chi connectivity index (χ0v) is 12.0. The molecule has 0 atom stereocenters. The second kappa shape index (κ2) is 6.59. The van der Waals surface area contributed by atoms with Gasteiger partial charge in [-0.25, -0.2) is 0 Å². The number of H-pyrrole nitrogens is 1. The smallest absolute Gasteiger partial charge is 0.119 e. The van der Waals surface area contributed by atoms with Crippen LogP contribution >= 0.6 is 0 Å². The molecule has 0 aliphatic heterocycles. The Bertz CT molecular complexity index is 519. The number of nitrogens with one attached hydrogen (secondary N) is 2. The minimum atomic E-state index is 0.889. The van der Waals surface area contributed by atoms with Crippen LogP contribution in [0.4, 0.5) is 0 Å². The first-order chi connectivity index (χ1) is 9.20. The lowest BCUT2D eigenvalue weighted by atomic mass is 10.1. The Kier molecular flexibility index (Phi) is 4.82. The van der Waals surface area contributed by atoms with Crippen LogP contribution in [0.1, 0.15) is 12.0 Å². The van der Waals surface area contributed by atoms with Crippen LogP contribution in [0.2, 0.25) is 0 Å². The zero-order valence-electron chi connectivity index (χ0n) is 12.0. The lowest BCUT2D eigenvalue weighted by Crippen LogP contribution is -2.20. The van der Waals surface area contributed by atoms with Crippen LogP contribution in [0.5, 0.6) is 5.75 Å². The van der Waals surface area contributed by atoms with Gasteiger partial charge in [0.05, 0.1) is 7.11 Å². The fraction of sp³-hybridized carbons (Fsp3) is 0.467. The van der Waals surface area contributed by atoms with Gasteiger partial charge in [-0.1, -0.05) is 0 Å². The molecule has 0 aliphatic carbocycles. The second-order valence-electron chi connectivity index (χ2n) is 5.06. The van der Waals surface area contributed by atoms with Crippen LogP contribution in [0, 0.1) is 0 Å². The predicted molar refractivity (Wildman–Crippen MR) is 79.7 cm³/mol. The summed E-state index contributed by atoms with van der Waals surface area (Å²) in [5.41, 5.74) is 2.45. The molecule has 0 saturated carbocycles. The highest BCUT2D eigenvalue weighted by Gasteiger charge is 2.04. The molecule has 0 bridgehead atoms. The van der Waals surface area contributed by atoms with E-state index in [1.54, 1.807) is 7.11 Å². The van der Waals surface area contributed by atoms with Crippen molar-refractivity contribution in [2.24, 2.45) is 0 Å². The summed E-state index contributed by atoms with van der Waals surface area (Å²) in [6, 6.07) is 6.12. The van der Waals surface area contributed by atoms with Crippen molar-refractivity contribution in [1.82, 2.24) is 15.2 Å². The van der Waals surface area contributed by atoms with Crippen molar-refractivity contribution in [3.05, 3.63) is 30.0 Å². The third-order valence-electron chi connectivity index (χ3n) is 3.25. The number of aromatic nitrogens is 1. The summed E-state index contributed by atoms with van der Waals surface area (Å²) >= 11 is 0. The van der Waals surface area contributed by atoms with E-state index in [0.29, 0.717) is 0 Å². The first-order valence-corrected chi connectivity index (χ1v) is 6.70. The molecule has 0 aliphatic rings. The van der Waals surface area contributed by atoms with Gasteiger partial charge < -0.3 is 19.9 Å². The molecule has 0 saturated heterocycles. The maximum Gasteiger partial charge on any atom is 0.119 e. The van der Waals surface area contributed by atoms with E-state index in [4.69, 9.17) is 4.74 Å². The van der Waals surface area contributed by atoms with Crippen molar-refractivity contribution >= 4 is 10.9 Å². The maximum absolute atomic E-state index is 5.28. The van der Waals surface area contributed by atoms with E-state index in [9.17, 15) is 0 Å². The standard InChI is InChI=1S/C15H23N3O/c1-18(2)8-4-7-16-10-12-11-17-15-6-5-13(19-3)9-14(12)15/h5-6,9,11,16-17H,4,7-8,10H2,1-3H3. The molecular formula is C15H23N3O. The number of fused-ring (bicyclic) bond motifs is 1. The van der Waals surface area contributed by atoms with Crippen molar-refractivity contribution in [3.63, 3.8) is 0 Å². The van der Waals surface area contributed by atoms with E-state index in [2.05, 4.69) is 47.6 Å².